The molecule has 2 atom stereocenters. The molecule has 0 bridgehead atoms. The molecule has 0 amide bonds. The third-order valence-corrected chi connectivity index (χ3v) is 4.25. The van der Waals surface area contributed by atoms with Gasteiger partial charge in [-0.1, -0.05) is 6.92 Å². The van der Waals surface area contributed by atoms with Crippen LogP contribution in [0, 0.1) is 0 Å². The third kappa shape index (κ3) is 3.92. The first kappa shape index (κ1) is 14.8. The van der Waals surface area contributed by atoms with Gasteiger partial charge in [0.2, 0.25) is 0 Å². The average Bonchev–Trinajstić information content (AvgIpc) is 2.66. The molecule has 0 saturated heterocycles. The van der Waals surface area contributed by atoms with E-state index in [0.717, 1.165) is 6.42 Å². The molecular formula is C11H19N3O3S. The first-order chi connectivity index (χ1) is 8.43. The van der Waals surface area contributed by atoms with Gasteiger partial charge in [0.25, 0.3) is 0 Å². The Labute approximate surface area is 109 Å². The zero-order valence-electron chi connectivity index (χ0n) is 10.8. The van der Waals surface area contributed by atoms with Crippen molar-refractivity contribution in [1.29, 1.82) is 0 Å². The number of carboxylic acids is 1. The monoisotopic (exact) mass is 273 g/mol. The van der Waals surface area contributed by atoms with E-state index in [0.29, 0.717) is 18.8 Å². The lowest BCUT2D eigenvalue weighted by Crippen LogP contribution is -2.23. The van der Waals surface area contributed by atoms with Gasteiger partial charge in [0, 0.05) is 35.9 Å². The van der Waals surface area contributed by atoms with Gasteiger partial charge in [0.05, 0.1) is 11.9 Å². The summed E-state index contributed by atoms with van der Waals surface area (Å²) in [5.41, 5.74) is 0.866. The van der Waals surface area contributed by atoms with Crippen molar-refractivity contribution in [3.63, 3.8) is 0 Å². The Morgan fingerprint density at radius 1 is 1.67 bits per heavy atom. The fourth-order valence-electron chi connectivity index (χ4n) is 1.53. The molecule has 0 saturated carbocycles. The molecule has 1 aromatic rings. The van der Waals surface area contributed by atoms with Gasteiger partial charge in [-0.05, 0) is 13.0 Å². The third-order valence-electron chi connectivity index (χ3n) is 2.88. The van der Waals surface area contributed by atoms with Gasteiger partial charge in [-0.15, -0.1) is 0 Å². The number of aromatic nitrogens is 2. The lowest BCUT2D eigenvalue weighted by molar-refractivity contribution is 0.0695. The Morgan fingerprint density at radius 3 is 2.89 bits per heavy atom. The maximum absolute atomic E-state index is 11.2. The number of hydrogen-bond acceptors (Lipinski definition) is 4. The molecule has 102 valence electrons. The zero-order chi connectivity index (χ0) is 13.7. The molecule has 6 nitrogen and oxygen atoms in total. The molecule has 1 rings (SSSR count). The summed E-state index contributed by atoms with van der Waals surface area (Å²) in [6.07, 6.45) is 3.83. The van der Waals surface area contributed by atoms with E-state index in [1.807, 2.05) is 6.92 Å². The minimum absolute atomic E-state index is 0.142. The highest BCUT2D eigenvalue weighted by molar-refractivity contribution is 7.84. The van der Waals surface area contributed by atoms with Gasteiger partial charge in [-0.2, -0.15) is 5.10 Å². The normalized spacial score (nSPS) is 14.4. The summed E-state index contributed by atoms with van der Waals surface area (Å²) in [6.45, 7) is 3.08. The number of nitrogens with one attached hydrogen (secondary N) is 1. The van der Waals surface area contributed by atoms with Crippen molar-refractivity contribution in [3.8, 4) is 0 Å². The van der Waals surface area contributed by atoms with Crippen LogP contribution in [0.5, 0.6) is 0 Å². The Morgan fingerprint density at radius 2 is 2.33 bits per heavy atom. The number of hydrogen-bond donors (Lipinski definition) is 2. The largest absolute Gasteiger partial charge is 0.478 e. The second kappa shape index (κ2) is 6.65. The van der Waals surface area contributed by atoms with Crippen molar-refractivity contribution < 1.29 is 14.1 Å². The topological polar surface area (TPSA) is 84.2 Å². The molecule has 0 radical (unpaired) electrons. The van der Waals surface area contributed by atoms with E-state index >= 15 is 0 Å². The number of carbonyl (C=O) groups is 1. The summed E-state index contributed by atoms with van der Waals surface area (Å²) in [4.78, 5) is 10.9. The predicted molar refractivity (Wildman–Crippen MR) is 70.0 cm³/mol. The lowest BCUT2D eigenvalue weighted by Gasteiger charge is -2.09. The van der Waals surface area contributed by atoms with Crippen molar-refractivity contribution >= 4 is 16.8 Å². The Bertz CT molecular complexity index is 445. The van der Waals surface area contributed by atoms with Crippen LogP contribution in [0.2, 0.25) is 0 Å². The fourth-order valence-corrected chi connectivity index (χ4v) is 1.98. The number of aromatic carboxylic acids is 1. The molecule has 0 aromatic carbocycles. The molecule has 0 spiro atoms. The van der Waals surface area contributed by atoms with Crippen LogP contribution < -0.4 is 5.32 Å². The quantitative estimate of drug-likeness (QED) is 0.701. The highest BCUT2D eigenvalue weighted by Gasteiger charge is 2.14. The van der Waals surface area contributed by atoms with Crippen molar-refractivity contribution in [2.24, 2.45) is 7.05 Å². The molecule has 0 aliphatic carbocycles. The molecule has 1 heterocycles. The van der Waals surface area contributed by atoms with Crippen molar-refractivity contribution in [3.05, 3.63) is 17.5 Å². The molecule has 0 fully saturated rings. The van der Waals surface area contributed by atoms with Crippen molar-refractivity contribution in [2.75, 3.05) is 12.8 Å². The number of aryl methyl sites for hydroxylation is 1. The molecule has 2 N–H and O–H groups in total. The number of nitrogens with zero attached hydrogens (tertiary/aromatic N) is 2. The first-order valence-electron chi connectivity index (χ1n) is 5.70. The lowest BCUT2D eigenvalue weighted by atomic mass is 10.2. The first-order valence-corrected chi connectivity index (χ1v) is 7.32. The van der Waals surface area contributed by atoms with Crippen molar-refractivity contribution in [1.82, 2.24) is 15.1 Å². The van der Waals surface area contributed by atoms with Crippen molar-refractivity contribution in [2.45, 2.75) is 25.1 Å². The SMILES string of the molecule is CC(CCNCc1c(C(=O)O)cnn1C)S(C)=O. The average molecular weight is 273 g/mol. The summed E-state index contributed by atoms with van der Waals surface area (Å²) in [7, 11) is 0.897. The summed E-state index contributed by atoms with van der Waals surface area (Å²) in [6, 6.07) is 0. The summed E-state index contributed by atoms with van der Waals surface area (Å²) >= 11 is 0. The minimum atomic E-state index is -0.970. The standard InChI is InChI=1S/C11H19N3O3S/c1-8(18(3)17)4-5-12-7-10-9(11(15)16)6-13-14(10)2/h6,8,12H,4-5,7H2,1-3H3,(H,15,16). The second-order valence-corrected chi connectivity index (χ2v) is 6.01. The molecule has 7 heteroatoms. The molecule has 1 aromatic heterocycles. The van der Waals surface area contributed by atoms with Crippen LogP contribution in [0.15, 0.2) is 6.20 Å². The van der Waals surface area contributed by atoms with Crippen LogP contribution >= 0.6 is 0 Å². The second-order valence-electron chi connectivity index (χ2n) is 4.21. The van der Waals surface area contributed by atoms with Crippen LogP contribution in [0.25, 0.3) is 0 Å². The van der Waals surface area contributed by atoms with E-state index in [9.17, 15) is 9.00 Å². The smallest absolute Gasteiger partial charge is 0.339 e. The molecule has 2 unspecified atom stereocenters. The van der Waals surface area contributed by atoms with Crippen LogP contribution in [0.4, 0.5) is 0 Å². The zero-order valence-corrected chi connectivity index (χ0v) is 11.7. The van der Waals surface area contributed by atoms with Gasteiger partial charge in [0.1, 0.15) is 5.56 Å². The van der Waals surface area contributed by atoms with Gasteiger partial charge in [0.15, 0.2) is 0 Å². The van der Waals surface area contributed by atoms with E-state index in [2.05, 4.69) is 10.4 Å². The van der Waals surface area contributed by atoms with E-state index in [1.165, 1.54) is 6.20 Å². The Hall–Kier alpha value is -1.21. The van der Waals surface area contributed by atoms with Gasteiger partial charge in [-0.25, -0.2) is 4.79 Å². The summed E-state index contributed by atoms with van der Waals surface area (Å²) in [5.74, 6) is -0.970. The molecule has 0 aliphatic heterocycles. The molecule has 18 heavy (non-hydrogen) atoms. The van der Waals surface area contributed by atoms with E-state index < -0.39 is 16.8 Å². The van der Waals surface area contributed by atoms with Crippen LogP contribution in [-0.4, -0.2) is 43.1 Å². The Kier molecular flexibility index (Phi) is 5.49. The predicted octanol–water partition coefficient (Wildman–Crippen LogP) is 0.365. The maximum Gasteiger partial charge on any atom is 0.339 e. The summed E-state index contributed by atoms with van der Waals surface area (Å²) < 4.78 is 12.7. The van der Waals surface area contributed by atoms with Gasteiger partial charge in [-0.3, -0.25) is 8.89 Å². The van der Waals surface area contributed by atoms with Crippen LogP contribution in [0.3, 0.4) is 0 Å². The van der Waals surface area contributed by atoms with E-state index in [1.54, 1.807) is 18.0 Å². The highest BCUT2D eigenvalue weighted by atomic mass is 32.2. The van der Waals surface area contributed by atoms with Crippen LogP contribution in [-0.2, 0) is 24.4 Å². The maximum atomic E-state index is 11.2. The highest BCUT2D eigenvalue weighted by Crippen LogP contribution is 2.07. The fraction of sp³-hybridized carbons (Fsp3) is 0.636. The summed E-state index contributed by atoms with van der Waals surface area (Å²) in [5, 5.41) is 16.2. The minimum Gasteiger partial charge on any atom is -0.478 e. The van der Waals surface area contributed by atoms with E-state index in [-0.39, 0.29) is 10.8 Å². The van der Waals surface area contributed by atoms with Crippen LogP contribution in [0.1, 0.15) is 29.4 Å². The van der Waals surface area contributed by atoms with Gasteiger partial charge >= 0.3 is 5.97 Å². The Balaban J connectivity index is 2.47. The molecule has 0 aliphatic rings. The molecular weight excluding hydrogens is 254 g/mol. The number of rotatable bonds is 7. The van der Waals surface area contributed by atoms with Gasteiger partial charge < -0.3 is 10.4 Å². The van der Waals surface area contributed by atoms with E-state index in [4.69, 9.17) is 5.11 Å². The number of carboxylic acid groups (broad SMARTS) is 1.